The zero-order valence-corrected chi connectivity index (χ0v) is 15.9. The van der Waals surface area contributed by atoms with Crippen molar-refractivity contribution in [1.29, 1.82) is 0 Å². The Morgan fingerprint density at radius 3 is 2.10 bits per heavy atom. The van der Waals surface area contributed by atoms with E-state index in [1.165, 1.54) is 24.3 Å². The molecule has 3 aromatic rings. The molecule has 0 spiro atoms. The zero-order valence-electron chi connectivity index (χ0n) is 15.9. The lowest BCUT2D eigenvalue weighted by Gasteiger charge is -2.08. The van der Waals surface area contributed by atoms with Crippen molar-refractivity contribution in [2.24, 2.45) is 0 Å². The fraction of sp³-hybridized carbons (Fsp3) is 0.130. The van der Waals surface area contributed by atoms with Crippen LogP contribution < -0.4 is 10.1 Å². The van der Waals surface area contributed by atoms with Crippen LogP contribution in [-0.2, 0) is 20.7 Å². The van der Waals surface area contributed by atoms with Crippen LogP contribution in [0.2, 0.25) is 0 Å². The van der Waals surface area contributed by atoms with E-state index in [-0.39, 0.29) is 12.2 Å². The Balaban J connectivity index is 1.44. The van der Waals surface area contributed by atoms with E-state index in [2.05, 4.69) is 10.1 Å². The molecule has 1 amide bonds. The maximum atomic E-state index is 12.1. The number of carbonyl (C=O) groups is 2. The first-order valence-electron chi connectivity index (χ1n) is 9.14. The number of nitrogens with one attached hydrogen (secondary N) is 1. The van der Waals surface area contributed by atoms with Crippen LogP contribution in [0, 0.1) is 0 Å². The molecule has 0 unspecified atom stereocenters. The van der Waals surface area contributed by atoms with Gasteiger partial charge in [0.2, 0.25) is 0 Å². The van der Waals surface area contributed by atoms with Crippen LogP contribution in [0.4, 0.5) is 14.5 Å². The molecule has 0 radical (unpaired) electrons. The van der Waals surface area contributed by atoms with E-state index in [0.29, 0.717) is 11.3 Å². The van der Waals surface area contributed by atoms with Gasteiger partial charge < -0.3 is 14.8 Å². The molecule has 0 saturated carbocycles. The second-order valence-corrected chi connectivity index (χ2v) is 6.35. The highest BCUT2D eigenvalue weighted by Crippen LogP contribution is 2.21. The predicted octanol–water partition coefficient (Wildman–Crippen LogP) is 4.68. The van der Waals surface area contributed by atoms with Gasteiger partial charge in [0.1, 0.15) is 5.75 Å². The van der Waals surface area contributed by atoms with Gasteiger partial charge in [0.05, 0.1) is 6.42 Å². The van der Waals surface area contributed by atoms with Gasteiger partial charge in [0.15, 0.2) is 6.61 Å². The molecule has 3 rings (SSSR count). The summed E-state index contributed by atoms with van der Waals surface area (Å²) < 4.78 is 33.5. The quantitative estimate of drug-likeness (QED) is 0.547. The standard InChI is InChI=1S/C23H19F2NO4/c24-23(25)30-20-12-6-16(7-13-20)14-22(28)29-15-21(27)26-19-10-8-18(9-11-19)17-4-2-1-3-5-17/h1-13,23H,14-15H2,(H,26,27). The van der Waals surface area contributed by atoms with Gasteiger partial charge in [-0.25, -0.2) is 0 Å². The van der Waals surface area contributed by atoms with Crippen molar-refractivity contribution in [3.8, 4) is 16.9 Å². The van der Waals surface area contributed by atoms with E-state index in [1.807, 2.05) is 42.5 Å². The van der Waals surface area contributed by atoms with Crippen LogP contribution in [0.15, 0.2) is 78.9 Å². The first kappa shape index (κ1) is 21.0. The van der Waals surface area contributed by atoms with Crippen LogP contribution >= 0.6 is 0 Å². The molecule has 0 aliphatic rings. The van der Waals surface area contributed by atoms with Gasteiger partial charge in [-0.1, -0.05) is 54.6 Å². The minimum absolute atomic E-state index is 0.000206. The fourth-order valence-electron chi connectivity index (χ4n) is 2.73. The van der Waals surface area contributed by atoms with Crippen molar-refractivity contribution in [2.75, 3.05) is 11.9 Å². The van der Waals surface area contributed by atoms with Crippen molar-refractivity contribution < 1.29 is 27.8 Å². The van der Waals surface area contributed by atoms with E-state index in [1.54, 1.807) is 12.1 Å². The molecule has 3 aromatic carbocycles. The Morgan fingerprint density at radius 2 is 1.47 bits per heavy atom. The Hall–Kier alpha value is -3.74. The van der Waals surface area contributed by atoms with Crippen LogP contribution in [0.25, 0.3) is 11.1 Å². The number of benzene rings is 3. The maximum absolute atomic E-state index is 12.1. The first-order valence-corrected chi connectivity index (χ1v) is 9.14. The van der Waals surface area contributed by atoms with Crippen molar-refractivity contribution in [3.05, 3.63) is 84.4 Å². The third kappa shape index (κ3) is 6.41. The summed E-state index contributed by atoms with van der Waals surface area (Å²) >= 11 is 0. The third-order valence-corrected chi connectivity index (χ3v) is 4.14. The zero-order chi connectivity index (χ0) is 21.3. The smallest absolute Gasteiger partial charge is 0.387 e. The Labute approximate surface area is 172 Å². The van der Waals surface area contributed by atoms with Crippen LogP contribution in [0.5, 0.6) is 5.75 Å². The molecular formula is C23H19F2NO4. The van der Waals surface area contributed by atoms with Gasteiger partial charge in [0.25, 0.3) is 5.91 Å². The molecule has 30 heavy (non-hydrogen) atoms. The molecule has 1 N–H and O–H groups in total. The average Bonchev–Trinajstić information content (AvgIpc) is 2.74. The molecule has 0 heterocycles. The van der Waals surface area contributed by atoms with Crippen molar-refractivity contribution in [3.63, 3.8) is 0 Å². The highest BCUT2D eigenvalue weighted by atomic mass is 19.3. The molecule has 0 aliphatic carbocycles. The Kier molecular flexibility index (Phi) is 7.10. The normalized spacial score (nSPS) is 10.5. The summed E-state index contributed by atoms with van der Waals surface area (Å²) in [4.78, 5) is 23.9. The topological polar surface area (TPSA) is 64.6 Å². The van der Waals surface area contributed by atoms with Crippen LogP contribution in [-0.4, -0.2) is 25.1 Å². The van der Waals surface area contributed by atoms with Crippen LogP contribution in [0.3, 0.4) is 0 Å². The summed E-state index contributed by atoms with van der Waals surface area (Å²) in [7, 11) is 0. The summed E-state index contributed by atoms with van der Waals surface area (Å²) in [6.45, 7) is -3.33. The summed E-state index contributed by atoms with van der Waals surface area (Å²) in [5.74, 6) is -1.07. The van der Waals surface area contributed by atoms with Gasteiger partial charge in [-0.05, 0) is 41.0 Å². The van der Waals surface area contributed by atoms with Crippen LogP contribution in [0.1, 0.15) is 5.56 Å². The number of ether oxygens (including phenoxy) is 2. The highest BCUT2D eigenvalue weighted by molar-refractivity contribution is 5.93. The molecule has 0 bridgehead atoms. The lowest BCUT2D eigenvalue weighted by molar-refractivity contribution is -0.146. The molecule has 7 heteroatoms. The van der Waals surface area contributed by atoms with E-state index in [0.717, 1.165) is 11.1 Å². The summed E-state index contributed by atoms with van der Waals surface area (Å²) in [5.41, 5.74) is 3.23. The second kappa shape index (κ2) is 10.2. The van der Waals surface area contributed by atoms with Crippen molar-refractivity contribution in [1.82, 2.24) is 0 Å². The molecule has 0 atom stereocenters. The van der Waals surface area contributed by atoms with Gasteiger partial charge in [-0.15, -0.1) is 0 Å². The number of halogens is 2. The molecular weight excluding hydrogens is 392 g/mol. The van der Waals surface area contributed by atoms with Gasteiger partial charge in [-0.3, -0.25) is 9.59 Å². The molecule has 0 saturated heterocycles. The number of hydrogen-bond donors (Lipinski definition) is 1. The number of carbonyl (C=O) groups excluding carboxylic acids is 2. The first-order chi connectivity index (χ1) is 14.5. The highest BCUT2D eigenvalue weighted by Gasteiger charge is 2.10. The van der Waals surface area contributed by atoms with E-state index in [4.69, 9.17) is 4.74 Å². The lowest BCUT2D eigenvalue weighted by atomic mass is 10.1. The number of rotatable bonds is 8. The number of anilines is 1. The maximum Gasteiger partial charge on any atom is 0.387 e. The summed E-state index contributed by atoms with van der Waals surface area (Å²) in [5, 5.41) is 2.66. The van der Waals surface area contributed by atoms with Crippen molar-refractivity contribution >= 4 is 17.6 Å². The minimum atomic E-state index is -2.91. The minimum Gasteiger partial charge on any atom is -0.455 e. The summed E-state index contributed by atoms with van der Waals surface area (Å²) in [6, 6.07) is 22.8. The SMILES string of the molecule is O=C(COC(=O)Cc1ccc(OC(F)F)cc1)Nc1ccc(-c2ccccc2)cc1. The van der Waals surface area contributed by atoms with Gasteiger partial charge in [0, 0.05) is 5.69 Å². The molecule has 154 valence electrons. The number of alkyl halides is 2. The largest absolute Gasteiger partial charge is 0.455 e. The lowest BCUT2D eigenvalue weighted by Crippen LogP contribution is -2.21. The van der Waals surface area contributed by atoms with E-state index >= 15 is 0 Å². The van der Waals surface area contributed by atoms with Crippen molar-refractivity contribution in [2.45, 2.75) is 13.0 Å². The molecule has 0 aromatic heterocycles. The fourth-order valence-corrected chi connectivity index (χ4v) is 2.73. The predicted molar refractivity (Wildman–Crippen MR) is 108 cm³/mol. The Morgan fingerprint density at radius 1 is 0.833 bits per heavy atom. The van der Waals surface area contributed by atoms with E-state index in [9.17, 15) is 18.4 Å². The van der Waals surface area contributed by atoms with E-state index < -0.39 is 25.1 Å². The summed E-state index contributed by atoms with van der Waals surface area (Å²) in [6.07, 6.45) is -0.0893. The molecule has 5 nitrogen and oxygen atoms in total. The average molecular weight is 411 g/mol. The molecule has 0 fully saturated rings. The van der Waals surface area contributed by atoms with Gasteiger partial charge >= 0.3 is 12.6 Å². The Bertz CT molecular complexity index is 974. The van der Waals surface area contributed by atoms with Gasteiger partial charge in [-0.2, -0.15) is 8.78 Å². The number of hydrogen-bond acceptors (Lipinski definition) is 4. The third-order valence-electron chi connectivity index (χ3n) is 4.14. The monoisotopic (exact) mass is 411 g/mol. The number of esters is 1. The molecule has 0 aliphatic heterocycles. The second-order valence-electron chi connectivity index (χ2n) is 6.35. The number of amides is 1.